The second-order valence-electron chi connectivity index (χ2n) is 7.48. The van der Waals surface area contributed by atoms with Crippen molar-refractivity contribution < 1.29 is 23.9 Å². The summed E-state index contributed by atoms with van der Waals surface area (Å²) in [5.41, 5.74) is 1.40. The molecule has 0 aliphatic carbocycles. The van der Waals surface area contributed by atoms with E-state index in [0.29, 0.717) is 17.8 Å². The van der Waals surface area contributed by atoms with E-state index >= 15 is 0 Å². The monoisotopic (exact) mass is 401 g/mol. The third-order valence-corrected chi connectivity index (χ3v) is 3.78. The molecule has 0 aliphatic rings. The van der Waals surface area contributed by atoms with Crippen molar-refractivity contribution in [3.63, 3.8) is 0 Å². The third kappa shape index (κ3) is 6.67. The van der Waals surface area contributed by atoms with Crippen LogP contribution in [0.3, 0.4) is 0 Å². The Labute approximate surface area is 170 Å². The molecule has 29 heavy (non-hydrogen) atoms. The zero-order valence-corrected chi connectivity index (χ0v) is 17.4. The van der Waals surface area contributed by atoms with Gasteiger partial charge in [0, 0.05) is 25.4 Å². The SMILES string of the molecule is CCNC(=O)c1ccc(COC(=O)c2cc(NC(=O)OC(C)(C)C)cn2C)cc1. The van der Waals surface area contributed by atoms with Gasteiger partial charge in [-0.3, -0.25) is 10.1 Å². The van der Waals surface area contributed by atoms with E-state index in [4.69, 9.17) is 9.47 Å². The number of esters is 1. The minimum absolute atomic E-state index is 0.0640. The Kier molecular flexibility index (Phi) is 7.03. The van der Waals surface area contributed by atoms with Gasteiger partial charge in [0.05, 0.1) is 5.69 Å². The van der Waals surface area contributed by atoms with E-state index in [1.54, 1.807) is 62.8 Å². The van der Waals surface area contributed by atoms with Crippen LogP contribution < -0.4 is 10.6 Å². The Balaban J connectivity index is 1.95. The number of benzene rings is 1. The van der Waals surface area contributed by atoms with Crippen LogP contribution in [0.2, 0.25) is 0 Å². The molecule has 1 aromatic heterocycles. The van der Waals surface area contributed by atoms with Crippen molar-refractivity contribution in [2.24, 2.45) is 7.05 Å². The van der Waals surface area contributed by atoms with Crippen LogP contribution >= 0.6 is 0 Å². The number of carbonyl (C=O) groups is 3. The van der Waals surface area contributed by atoms with Gasteiger partial charge in [-0.05, 0) is 51.5 Å². The number of rotatable bonds is 6. The Morgan fingerprint density at radius 1 is 1.10 bits per heavy atom. The Morgan fingerprint density at radius 2 is 1.76 bits per heavy atom. The number of nitrogens with one attached hydrogen (secondary N) is 2. The quantitative estimate of drug-likeness (QED) is 0.722. The minimum Gasteiger partial charge on any atom is -0.456 e. The smallest absolute Gasteiger partial charge is 0.412 e. The molecule has 2 rings (SSSR count). The number of aromatic nitrogens is 1. The number of amides is 2. The second-order valence-corrected chi connectivity index (χ2v) is 7.48. The number of anilines is 1. The molecule has 1 aromatic carbocycles. The van der Waals surface area contributed by atoms with Gasteiger partial charge in [-0.15, -0.1) is 0 Å². The molecule has 0 saturated heterocycles. The van der Waals surface area contributed by atoms with Crippen LogP contribution in [-0.2, 0) is 23.1 Å². The highest BCUT2D eigenvalue weighted by molar-refractivity contribution is 5.94. The molecule has 0 radical (unpaired) electrons. The van der Waals surface area contributed by atoms with E-state index in [1.807, 2.05) is 6.92 Å². The molecule has 8 nitrogen and oxygen atoms in total. The van der Waals surface area contributed by atoms with Crippen LogP contribution in [0.4, 0.5) is 10.5 Å². The van der Waals surface area contributed by atoms with Crippen molar-refractivity contribution in [1.82, 2.24) is 9.88 Å². The first-order valence-corrected chi connectivity index (χ1v) is 9.29. The van der Waals surface area contributed by atoms with Crippen molar-refractivity contribution in [2.75, 3.05) is 11.9 Å². The fourth-order valence-electron chi connectivity index (χ4n) is 2.50. The second kappa shape index (κ2) is 9.27. The first-order valence-electron chi connectivity index (χ1n) is 9.29. The summed E-state index contributed by atoms with van der Waals surface area (Å²) < 4.78 is 12.1. The van der Waals surface area contributed by atoms with Crippen molar-refractivity contribution in [3.8, 4) is 0 Å². The highest BCUT2D eigenvalue weighted by atomic mass is 16.6. The number of ether oxygens (including phenoxy) is 2. The van der Waals surface area contributed by atoms with Crippen LogP contribution in [0.5, 0.6) is 0 Å². The number of nitrogens with zero attached hydrogens (tertiary/aromatic N) is 1. The molecule has 0 saturated carbocycles. The van der Waals surface area contributed by atoms with Crippen LogP contribution in [0.25, 0.3) is 0 Å². The number of hydrogen-bond acceptors (Lipinski definition) is 5. The van der Waals surface area contributed by atoms with Gasteiger partial charge < -0.3 is 19.4 Å². The fraction of sp³-hybridized carbons (Fsp3) is 0.381. The average molecular weight is 401 g/mol. The Hall–Kier alpha value is -3.29. The summed E-state index contributed by atoms with van der Waals surface area (Å²) in [7, 11) is 1.68. The topological polar surface area (TPSA) is 98.7 Å². The van der Waals surface area contributed by atoms with E-state index < -0.39 is 17.7 Å². The standard InChI is InChI=1S/C21H27N3O5/c1-6-22-18(25)15-9-7-14(8-10-15)13-28-19(26)17-11-16(12-24(17)5)23-20(27)29-21(2,3)4/h7-12H,6,13H2,1-5H3,(H,22,25)(H,23,27). The highest BCUT2D eigenvalue weighted by Gasteiger charge is 2.19. The molecule has 2 N–H and O–H groups in total. The predicted octanol–water partition coefficient (Wildman–Crippen LogP) is 3.48. The van der Waals surface area contributed by atoms with E-state index in [0.717, 1.165) is 5.56 Å². The molecule has 2 amide bonds. The molecule has 156 valence electrons. The maximum absolute atomic E-state index is 12.4. The van der Waals surface area contributed by atoms with Gasteiger partial charge >= 0.3 is 12.1 Å². The van der Waals surface area contributed by atoms with Gasteiger partial charge in [0.15, 0.2) is 0 Å². The van der Waals surface area contributed by atoms with Crippen molar-refractivity contribution in [1.29, 1.82) is 0 Å². The van der Waals surface area contributed by atoms with Crippen LogP contribution in [0.1, 0.15) is 54.1 Å². The zero-order valence-electron chi connectivity index (χ0n) is 17.4. The fourth-order valence-corrected chi connectivity index (χ4v) is 2.50. The lowest BCUT2D eigenvalue weighted by Crippen LogP contribution is -2.27. The largest absolute Gasteiger partial charge is 0.456 e. The molecule has 0 atom stereocenters. The Bertz CT molecular complexity index is 879. The first kappa shape index (κ1) is 22.0. The summed E-state index contributed by atoms with van der Waals surface area (Å²) in [5.74, 6) is -0.678. The third-order valence-electron chi connectivity index (χ3n) is 3.78. The summed E-state index contributed by atoms with van der Waals surface area (Å²) in [4.78, 5) is 36.0. The molecular weight excluding hydrogens is 374 g/mol. The van der Waals surface area contributed by atoms with Gasteiger partial charge in [-0.2, -0.15) is 0 Å². The van der Waals surface area contributed by atoms with Gasteiger partial charge in [-0.1, -0.05) is 12.1 Å². The lowest BCUT2D eigenvalue weighted by molar-refractivity contribution is 0.0460. The van der Waals surface area contributed by atoms with E-state index in [2.05, 4.69) is 10.6 Å². The summed E-state index contributed by atoms with van der Waals surface area (Å²) in [6.07, 6.45) is 0.997. The lowest BCUT2D eigenvalue weighted by Gasteiger charge is -2.19. The van der Waals surface area contributed by atoms with Gasteiger partial charge in [0.1, 0.15) is 17.9 Å². The summed E-state index contributed by atoms with van der Waals surface area (Å²) in [6.45, 7) is 7.77. The van der Waals surface area contributed by atoms with Gasteiger partial charge in [0.2, 0.25) is 0 Å². The minimum atomic E-state index is -0.618. The maximum Gasteiger partial charge on any atom is 0.412 e. The van der Waals surface area contributed by atoms with E-state index in [-0.39, 0.29) is 18.2 Å². The molecule has 0 spiro atoms. The van der Waals surface area contributed by atoms with Gasteiger partial charge in [0.25, 0.3) is 5.91 Å². The molecule has 0 unspecified atom stereocenters. The molecule has 1 heterocycles. The summed E-state index contributed by atoms with van der Waals surface area (Å²) in [6, 6.07) is 8.35. The summed E-state index contributed by atoms with van der Waals surface area (Å²) in [5, 5.41) is 5.31. The maximum atomic E-state index is 12.4. The van der Waals surface area contributed by atoms with Crippen LogP contribution in [0, 0.1) is 0 Å². The zero-order chi connectivity index (χ0) is 21.6. The normalized spacial score (nSPS) is 10.9. The predicted molar refractivity (Wildman–Crippen MR) is 109 cm³/mol. The van der Waals surface area contributed by atoms with E-state index in [1.165, 1.54) is 6.07 Å². The lowest BCUT2D eigenvalue weighted by atomic mass is 10.1. The molecule has 0 aliphatic heterocycles. The molecule has 0 bridgehead atoms. The van der Waals surface area contributed by atoms with Gasteiger partial charge in [-0.25, -0.2) is 9.59 Å². The van der Waals surface area contributed by atoms with Crippen molar-refractivity contribution in [3.05, 3.63) is 53.3 Å². The molecular formula is C21H27N3O5. The van der Waals surface area contributed by atoms with Crippen LogP contribution in [0.15, 0.2) is 36.5 Å². The Morgan fingerprint density at radius 3 is 2.34 bits per heavy atom. The van der Waals surface area contributed by atoms with Crippen molar-refractivity contribution in [2.45, 2.75) is 39.9 Å². The van der Waals surface area contributed by atoms with Crippen molar-refractivity contribution >= 4 is 23.7 Å². The molecule has 0 fully saturated rings. The van der Waals surface area contributed by atoms with Crippen LogP contribution in [-0.4, -0.2) is 34.7 Å². The van der Waals surface area contributed by atoms with E-state index in [9.17, 15) is 14.4 Å². The molecule has 8 heteroatoms. The average Bonchev–Trinajstić information content (AvgIpc) is 2.98. The number of aryl methyl sites for hydroxylation is 1. The summed E-state index contributed by atoms with van der Waals surface area (Å²) >= 11 is 0. The number of hydrogen-bond donors (Lipinski definition) is 2. The molecule has 2 aromatic rings. The number of carbonyl (C=O) groups excluding carboxylic acids is 3. The highest BCUT2D eigenvalue weighted by Crippen LogP contribution is 2.17. The first-order chi connectivity index (χ1) is 13.6.